The normalized spacial score (nSPS) is 12.0. The zero-order chi connectivity index (χ0) is 16.6. The van der Waals surface area contributed by atoms with Crippen LogP contribution in [0, 0.1) is 6.92 Å². The molecule has 0 aliphatic heterocycles. The Morgan fingerprint density at radius 1 is 1.09 bits per heavy atom. The second-order valence-corrected chi connectivity index (χ2v) is 8.55. The van der Waals surface area contributed by atoms with Crippen LogP contribution in [0.3, 0.4) is 0 Å². The van der Waals surface area contributed by atoms with Crippen LogP contribution in [-0.2, 0) is 10.0 Å². The first-order valence-corrected chi connectivity index (χ1v) is 9.65. The summed E-state index contributed by atoms with van der Waals surface area (Å²) in [5.41, 5.74) is 2.48. The minimum absolute atomic E-state index is 0.260. The van der Waals surface area contributed by atoms with Gasteiger partial charge < -0.3 is 0 Å². The molecule has 0 unspecified atom stereocenters. The van der Waals surface area contributed by atoms with Crippen molar-refractivity contribution in [3.8, 4) is 0 Å². The largest absolute Gasteiger partial charge is 0.280 e. The van der Waals surface area contributed by atoms with E-state index in [4.69, 9.17) is 0 Å². The average molecular weight is 346 g/mol. The van der Waals surface area contributed by atoms with Crippen LogP contribution in [0.4, 0.5) is 5.69 Å². The summed E-state index contributed by atoms with van der Waals surface area (Å²) < 4.78 is 28.5. The molecule has 0 radical (unpaired) electrons. The third kappa shape index (κ3) is 3.38. The van der Waals surface area contributed by atoms with Gasteiger partial charge in [-0.2, -0.15) is 0 Å². The third-order valence-corrected chi connectivity index (χ3v) is 6.20. The first-order chi connectivity index (χ1) is 10.8. The van der Waals surface area contributed by atoms with Gasteiger partial charge in [0.05, 0.1) is 25.8 Å². The summed E-state index contributed by atoms with van der Waals surface area (Å²) in [4.78, 5) is 4.82. The van der Waals surface area contributed by atoms with Crippen molar-refractivity contribution in [2.45, 2.75) is 31.6 Å². The minimum atomic E-state index is -3.57. The Hall–Kier alpha value is -1.92. The first kappa shape index (κ1) is 16.0. The summed E-state index contributed by atoms with van der Waals surface area (Å²) in [6, 6.07) is 12.2. The van der Waals surface area contributed by atoms with Crippen LogP contribution in [0.1, 0.15) is 30.3 Å². The van der Waals surface area contributed by atoms with E-state index in [1.54, 1.807) is 41.7 Å². The molecular formula is C17H18N2O2S2. The van der Waals surface area contributed by atoms with Crippen molar-refractivity contribution in [1.29, 1.82) is 0 Å². The van der Waals surface area contributed by atoms with Crippen molar-refractivity contribution in [1.82, 2.24) is 4.98 Å². The van der Waals surface area contributed by atoms with Gasteiger partial charge in [-0.3, -0.25) is 4.72 Å². The molecule has 0 amide bonds. The highest BCUT2D eigenvalue weighted by atomic mass is 32.2. The van der Waals surface area contributed by atoms with E-state index in [0.29, 0.717) is 11.6 Å². The molecule has 3 rings (SSSR count). The molecule has 0 atom stereocenters. The van der Waals surface area contributed by atoms with Crippen molar-refractivity contribution < 1.29 is 8.42 Å². The number of aromatic nitrogens is 1. The van der Waals surface area contributed by atoms with Gasteiger partial charge in [-0.1, -0.05) is 31.5 Å². The van der Waals surface area contributed by atoms with Crippen LogP contribution in [0.25, 0.3) is 10.2 Å². The molecular weight excluding hydrogens is 328 g/mol. The number of sulfonamides is 1. The highest BCUT2D eigenvalue weighted by Gasteiger charge is 2.15. The molecule has 1 heterocycles. The van der Waals surface area contributed by atoms with Crippen molar-refractivity contribution in [3.63, 3.8) is 0 Å². The molecule has 0 fully saturated rings. The van der Waals surface area contributed by atoms with Gasteiger partial charge in [0.15, 0.2) is 0 Å². The molecule has 0 saturated carbocycles. The van der Waals surface area contributed by atoms with Crippen molar-refractivity contribution >= 4 is 37.3 Å². The molecule has 3 aromatic rings. The molecule has 0 saturated heterocycles. The number of hydrogen-bond acceptors (Lipinski definition) is 4. The predicted molar refractivity (Wildman–Crippen MR) is 95.7 cm³/mol. The lowest BCUT2D eigenvalue weighted by molar-refractivity contribution is 0.601. The molecule has 6 heteroatoms. The first-order valence-electron chi connectivity index (χ1n) is 7.35. The molecule has 4 nitrogen and oxygen atoms in total. The summed E-state index contributed by atoms with van der Waals surface area (Å²) in [6.45, 7) is 6.12. The van der Waals surface area contributed by atoms with Gasteiger partial charge in [-0.15, -0.1) is 11.3 Å². The predicted octanol–water partition coefficient (Wildman–Crippen LogP) is 4.53. The second kappa shape index (κ2) is 5.94. The van der Waals surface area contributed by atoms with E-state index in [0.717, 1.165) is 20.8 Å². The van der Waals surface area contributed by atoms with Gasteiger partial charge in [0.2, 0.25) is 0 Å². The number of fused-ring (bicyclic) bond motifs is 1. The van der Waals surface area contributed by atoms with E-state index in [2.05, 4.69) is 23.6 Å². The van der Waals surface area contributed by atoms with E-state index in [-0.39, 0.29) is 4.90 Å². The smallest absolute Gasteiger partial charge is 0.261 e. The Bertz CT molecular complexity index is 942. The van der Waals surface area contributed by atoms with E-state index in [1.165, 1.54) is 0 Å². The Labute approximate surface area is 140 Å². The van der Waals surface area contributed by atoms with Crippen LogP contribution in [0.5, 0.6) is 0 Å². The van der Waals surface area contributed by atoms with Gasteiger partial charge >= 0.3 is 0 Å². The summed E-state index contributed by atoms with van der Waals surface area (Å²) in [7, 11) is -3.57. The maximum atomic E-state index is 12.4. The molecule has 0 aliphatic carbocycles. The maximum Gasteiger partial charge on any atom is 0.261 e. The molecule has 2 aromatic carbocycles. The zero-order valence-electron chi connectivity index (χ0n) is 13.2. The van der Waals surface area contributed by atoms with Crippen molar-refractivity contribution in [2.75, 3.05) is 4.72 Å². The zero-order valence-corrected chi connectivity index (χ0v) is 14.8. The average Bonchev–Trinajstić information content (AvgIpc) is 2.90. The fourth-order valence-electron chi connectivity index (χ4n) is 2.18. The van der Waals surface area contributed by atoms with Crippen LogP contribution in [-0.4, -0.2) is 13.4 Å². The van der Waals surface area contributed by atoms with Crippen LogP contribution in [0.15, 0.2) is 47.4 Å². The van der Waals surface area contributed by atoms with Gasteiger partial charge in [0.1, 0.15) is 0 Å². The number of aryl methyl sites for hydroxylation is 1. The van der Waals surface area contributed by atoms with Gasteiger partial charge in [-0.25, -0.2) is 13.4 Å². The fourth-order valence-corrected chi connectivity index (χ4v) is 4.24. The van der Waals surface area contributed by atoms with Crippen LogP contribution < -0.4 is 4.72 Å². The maximum absolute atomic E-state index is 12.4. The van der Waals surface area contributed by atoms with Gasteiger partial charge in [-0.05, 0) is 37.3 Å². The molecule has 0 aliphatic rings. The molecule has 120 valence electrons. The van der Waals surface area contributed by atoms with Crippen molar-refractivity contribution in [2.24, 2.45) is 0 Å². The van der Waals surface area contributed by atoms with Crippen molar-refractivity contribution in [3.05, 3.63) is 53.0 Å². The summed E-state index contributed by atoms with van der Waals surface area (Å²) in [5.74, 6) is 0.361. The second-order valence-electron chi connectivity index (χ2n) is 5.81. The third-order valence-electron chi connectivity index (χ3n) is 3.48. The lowest BCUT2D eigenvalue weighted by Gasteiger charge is -2.08. The topological polar surface area (TPSA) is 59.1 Å². The summed E-state index contributed by atoms with van der Waals surface area (Å²) in [5, 5.41) is 1.05. The molecule has 0 bridgehead atoms. The number of hydrogen-bond donors (Lipinski definition) is 1. The standard InChI is InChI=1S/C17H18N2O2S2/c1-11(2)17-18-15-9-6-13(10-16(15)22-17)19-23(20,21)14-7-4-12(3)5-8-14/h4-11,19H,1-3H3. The summed E-state index contributed by atoms with van der Waals surface area (Å²) in [6.07, 6.45) is 0. The fraction of sp³-hybridized carbons (Fsp3) is 0.235. The van der Waals surface area contributed by atoms with Gasteiger partial charge in [0, 0.05) is 5.92 Å². The Balaban J connectivity index is 1.92. The van der Waals surface area contributed by atoms with Crippen LogP contribution in [0.2, 0.25) is 0 Å². The minimum Gasteiger partial charge on any atom is -0.280 e. The van der Waals surface area contributed by atoms with E-state index >= 15 is 0 Å². The molecule has 1 N–H and O–H groups in total. The highest BCUT2D eigenvalue weighted by molar-refractivity contribution is 7.92. The quantitative estimate of drug-likeness (QED) is 0.755. The number of nitrogens with one attached hydrogen (secondary N) is 1. The number of nitrogens with zero attached hydrogens (tertiary/aromatic N) is 1. The summed E-state index contributed by atoms with van der Waals surface area (Å²) >= 11 is 1.60. The molecule has 23 heavy (non-hydrogen) atoms. The number of rotatable bonds is 4. The molecule has 0 spiro atoms. The number of anilines is 1. The Kier molecular flexibility index (Phi) is 4.12. The Morgan fingerprint density at radius 3 is 2.43 bits per heavy atom. The van der Waals surface area contributed by atoms with Gasteiger partial charge in [0.25, 0.3) is 10.0 Å². The number of thiazole rings is 1. The molecule has 1 aromatic heterocycles. The monoisotopic (exact) mass is 346 g/mol. The van der Waals surface area contributed by atoms with E-state index < -0.39 is 10.0 Å². The lowest BCUT2D eigenvalue weighted by atomic mass is 10.2. The SMILES string of the molecule is Cc1ccc(S(=O)(=O)Nc2ccc3nc(C(C)C)sc3c2)cc1. The number of benzene rings is 2. The van der Waals surface area contributed by atoms with E-state index in [1.807, 2.05) is 19.1 Å². The Morgan fingerprint density at radius 2 is 1.78 bits per heavy atom. The van der Waals surface area contributed by atoms with Crippen LogP contribution >= 0.6 is 11.3 Å². The highest BCUT2D eigenvalue weighted by Crippen LogP contribution is 2.30. The van der Waals surface area contributed by atoms with E-state index in [9.17, 15) is 8.42 Å². The lowest BCUT2D eigenvalue weighted by Crippen LogP contribution is -2.12.